The smallest absolute Gasteiger partial charge is 0.270 e. The SMILES string of the molecule is NC(=O)CC1(O)CCCN(C(=O)c2ccc(-c3ccccc3)[nH]2)C1. The van der Waals surface area contributed by atoms with E-state index in [0.29, 0.717) is 25.1 Å². The third kappa shape index (κ3) is 3.49. The number of primary amides is 1. The van der Waals surface area contributed by atoms with Gasteiger partial charge in [0.1, 0.15) is 5.69 Å². The van der Waals surface area contributed by atoms with E-state index in [-0.39, 0.29) is 18.9 Å². The molecular formula is C18H21N3O3. The van der Waals surface area contributed by atoms with Crippen molar-refractivity contribution >= 4 is 11.8 Å². The van der Waals surface area contributed by atoms with E-state index in [4.69, 9.17) is 5.73 Å². The van der Waals surface area contributed by atoms with Crippen molar-refractivity contribution in [2.75, 3.05) is 13.1 Å². The van der Waals surface area contributed by atoms with E-state index in [1.165, 1.54) is 0 Å². The zero-order valence-corrected chi connectivity index (χ0v) is 13.4. The molecule has 1 fully saturated rings. The lowest BCUT2D eigenvalue weighted by Gasteiger charge is -2.38. The lowest BCUT2D eigenvalue weighted by atomic mass is 9.89. The standard InChI is InChI=1S/C18H21N3O3/c19-16(22)11-18(24)9-4-10-21(12-18)17(23)15-8-7-14(20-15)13-5-2-1-3-6-13/h1-3,5-8,20,24H,4,9-12H2,(H2,19,22). The van der Waals surface area contributed by atoms with Gasteiger partial charge in [-0.3, -0.25) is 9.59 Å². The Labute approximate surface area is 140 Å². The maximum atomic E-state index is 12.7. The molecule has 2 heterocycles. The number of nitrogens with one attached hydrogen (secondary N) is 1. The largest absolute Gasteiger partial charge is 0.388 e. The number of β-amino-alcohol motifs (C(OH)–C–C–N with tert-alkyl or cyclic N) is 1. The first-order valence-corrected chi connectivity index (χ1v) is 8.01. The Morgan fingerprint density at radius 1 is 1.21 bits per heavy atom. The second kappa shape index (κ2) is 6.49. The van der Waals surface area contributed by atoms with Crippen LogP contribution in [0.15, 0.2) is 42.5 Å². The number of nitrogens with two attached hydrogens (primary N) is 1. The van der Waals surface area contributed by atoms with Crippen molar-refractivity contribution in [3.05, 3.63) is 48.2 Å². The van der Waals surface area contributed by atoms with Crippen molar-refractivity contribution in [3.8, 4) is 11.3 Å². The summed E-state index contributed by atoms with van der Waals surface area (Å²) in [5.41, 5.74) is 6.31. The van der Waals surface area contributed by atoms with Gasteiger partial charge in [-0.15, -0.1) is 0 Å². The quantitative estimate of drug-likeness (QED) is 0.794. The van der Waals surface area contributed by atoms with Gasteiger partial charge in [0.25, 0.3) is 5.91 Å². The summed E-state index contributed by atoms with van der Waals surface area (Å²) in [6.07, 6.45) is 0.984. The Kier molecular flexibility index (Phi) is 4.40. The van der Waals surface area contributed by atoms with Crippen LogP contribution in [0.25, 0.3) is 11.3 Å². The fourth-order valence-corrected chi connectivity index (χ4v) is 3.23. The monoisotopic (exact) mass is 327 g/mol. The molecule has 126 valence electrons. The minimum atomic E-state index is -1.23. The number of aliphatic hydroxyl groups is 1. The Balaban J connectivity index is 1.75. The summed E-state index contributed by atoms with van der Waals surface area (Å²) < 4.78 is 0. The number of piperidine rings is 1. The van der Waals surface area contributed by atoms with Crippen molar-refractivity contribution in [2.24, 2.45) is 5.73 Å². The van der Waals surface area contributed by atoms with Gasteiger partial charge in [0.2, 0.25) is 5.91 Å². The highest BCUT2D eigenvalue weighted by Crippen LogP contribution is 2.26. The molecule has 6 heteroatoms. The first-order chi connectivity index (χ1) is 11.5. The molecule has 1 saturated heterocycles. The van der Waals surface area contributed by atoms with E-state index in [1.807, 2.05) is 36.4 Å². The molecule has 1 unspecified atom stereocenters. The number of likely N-dealkylation sites (tertiary alicyclic amines) is 1. The number of benzene rings is 1. The maximum absolute atomic E-state index is 12.7. The molecule has 1 aromatic carbocycles. The van der Waals surface area contributed by atoms with Gasteiger partial charge in [-0.1, -0.05) is 30.3 Å². The molecule has 0 saturated carbocycles. The average Bonchev–Trinajstić information content (AvgIpc) is 3.04. The highest BCUT2D eigenvalue weighted by Gasteiger charge is 2.37. The van der Waals surface area contributed by atoms with Crippen LogP contribution in [0.2, 0.25) is 0 Å². The molecule has 6 nitrogen and oxygen atoms in total. The number of rotatable bonds is 4. The zero-order valence-electron chi connectivity index (χ0n) is 13.4. The molecule has 0 radical (unpaired) electrons. The number of carbonyl (C=O) groups is 2. The molecule has 3 rings (SSSR count). The van der Waals surface area contributed by atoms with Crippen molar-refractivity contribution in [1.82, 2.24) is 9.88 Å². The molecule has 1 aliphatic heterocycles. The summed E-state index contributed by atoms with van der Waals surface area (Å²) in [6, 6.07) is 13.3. The molecule has 1 aromatic heterocycles. The highest BCUT2D eigenvalue weighted by atomic mass is 16.3. The van der Waals surface area contributed by atoms with Crippen LogP contribution in [-0.4, -0.2) is 45.5 Å². The molecule has 0 spiro atoms. The maximum Gasteiger partial charge on any atom is 0.270 e. The first kappa shape index (κ1) is 16.3. The van der Waals surface area contributed by atoms with E-state index in [0.717, 1.165) is 11.3 Å². The molecule has 1 atom stereocenters. The molecule has 0 aliphatic carbocycles. The second-order valence-corrected chi connectivity index (χ2v) is 6.35. The summed E-state index contributed by atoms with van der Waals surface area (Å²) >= 11 is 0. The van der Waals surface area contributed by atoms with Crippen molar-refractivity contribution in [1.29, 1.82) is 0 Å². The van der Waals surface area contributed by atoms with Crippen LogP contribution < -0.4 is 5.73 Å². The molecular weight excluding hydrogens is 306 g/mol. The fourth-order valence-electron chi connectivity index (χ4n) is 3.23. The van der Waals surface area contributed by atoms with E-state index < -0.39 is 11.5 Å². The van der Waals surface area contributed by atoms with Crippen LogP contribution in [0.5, 0.6) is 0 Å². The highest BCUT2D eigenvalue weighted by molar-refractivity contribution is 5.93. The summed E-state index contributed by atoms with van der Waals surface area (Å²) in [5.74, 6) is -0.738. The number of aromatic amines is 1. The van der Waals surface area contributed by atoms with Gasteiger partial charge in [-0.05, 0) is 30.5 Å². The summed E-state index contributed by atoms with van der Waals surface area (Å²) in [7, 11) is 0. The van der Waals surface area contributed by atoms with Gasteiger partial charge in [-0.25, -0.2) is 0 Å². The van der Waals surface area contributed by atoms with Gasteiger partial charge >= 0.3 is 0 Å². The number of carbonyl (C=O) groups excluding carboxylic acids is 2. The second-order valence-electron chi connectivity index (χ2n) is 6.35. The molecule has 24 heavy (non-hydrogen) atoms. The number of hydrogen-bond acceptors (Lipinski definition) is 3. The van der Waals surface area contributed by atoms with E-state index in [2.05, 4.69) is 4.98 Å². The number of hydrogen-bond donors (Lipinski definition) is 3. The molecule has 2 aromatic rings. The summed E-state index contributed by atoms with van der Waals surface area (Å²) in [4.78, 5) is 28.5. The molecule has 1 aliphatic rings. The van der Waals surface area contributed by atoms with Crippen LogP contribution in [0.4, 0.5) is 0 Å². The fraction of sp³-hybridized carbons (Fsp3) is 0.333. The average molecular weight is 327 g/mol. The van der Waals surface area contributed by atoms with Crippen molar-refractivity contribution < 1.29 is 14.7 Å². The van der Waals surface area contributed by atoms with Crippen LogP contribution >= 0.6 is 0 Å². The van der Waals surface area contributed by atoms with Crippen LogP contribution in [0.1, 0.15) is 29.8 Å². The van der Waals surface area contributed by atoms with Gasteiger partial charge < -0.3 is 20.7 Å². The number of nitrogens with zero attached hydrogens (tertiary/aromatic N) is 1. The van der Waals surface area contributed by atoms with Crippen molar-refractivity contribution in [3.63, 3.8) is 0 Å². The third-order valence-electron chi connectivity index (χ3n) is 4.35. The molecule has 4 N–H and O–H groups in total. The predicted octanol–water partition coefficient (Wildman–Crippen LogP) is 1.52. The first-order valence-electron chi connectivity index (χ1n) is 8.01. The minimum absolute atomic E-state index is 0.120. The Morgan fingerprint density at radius 2 is 1.96 bits per heavy atom. The third-order valence-corrected chi connectivity index (χ3v) is 4.35. The Bertz CT molecular complexity index is 741. The number of amides is 2. The Morgan fingerprint density at radius 3 is 2.67 bits per heavy atom. The molecule has 0 bridgehead atoms. The van der Waals surface area contributed by atoms with Gasteiger partial charge in [0.05, 0.1) is 18.6 Å². The lowest BCUT2D eigenvalue weighted by molar-refractivity contribution is -0.125. The van der Waals surface area contributed by atoms with Crippen LogP contribution in [-0.2, 0) is 4.79 Å². The minimum Gasteiger partial charge on any atom is -0.388 e. The topological polar surface area (TPSA) is 99.4 Å². The number of H-pyrrole nitrogens is 1. The van der Waals surface area contributed by atoms with Gasteiger partial charge in [0, 0.05) is 12.2 Å². The summed E-state index contributed by atoms with van der Waals surface area (Å²) in [5, 5.41) is 10.5. The molecule has 2 amide bonds. The van der Waals surface area contributed by atoms with E-state index in [1.54, 1.807) is 11.0 Å². The zero-order chi connectivity index (χ0) is 17.2. The van der Waals surface area contributed by atoms with Gasteiger partial charge in [0.15, 0.2) is 0 Å². The van der Waals surface area contributed by atoms with Crippen molar-refractivity contribution in [2.45, 2.75) is 24.9 Å². The summed E-state index contributed by atoms with van der Waals surface area (Å²) in [6.45, 7) is 0.675. The normalized spacial score (nSPS) is 20.8. The Hall–Kier alpha value is -2.60. The van der Waals surface area contributed by atoms with E-state index in [9.17, 15) is 14.7 Å². The predicted molar refractivity (Wildman–Crippen MR) is 90.1 cm³/mol. The number of aromatic nitrogens is 1. The van der Waals surface area contributed by atoms with E-state index >= 15 is 0 Å². The lowest BCUT2D eigenvalue weighted by Crippen LogP contribution is -2.51. The van der Waals surface area contributed by atoms with Crippen LogP contribution in [0, 0.1) is 0 Å². The van der Waals surface area contributed by atoms with Crippen LogP contribution in [0.3, 0.4) is 0 Å². The van der Waals surface area contributed by atoms with Gasteiger partial charge in [-0.2, -0.15) is 0 Å².